The zero-order valence-electron chi connectivity index (χ0n) is 17.1. The van der Waals surface area contributed by atoms with Gasteiger partial charge < -0.3 is 14.6 Å². The summed E-state index contributed by atoms with van der Waals surface area (Å²) in [5.74, 6) is 0.641. The third-order valence-corrected chi connectivity index (χ3v) is 6.55. The zero-order valence-corrected chi connectivity index (χ0v) is 19.3. The summed E-state index contributed by atoms with van der Waals surface area (Å²) < 4.78 is 5.76. The fraction of sp³-hybridized carbons (Fsp3) is 0.455. The number of para-hydroxylation sites is 1. The number of amides is 1. The number of nitrogens with one attached hydrogen (secondary N) is 1. The van der Waals surface area contributed by atoms with E-state index in [2.05, 4.69) is 5.32 Å². The Hall–Kier alpha value is -1.73. The van der Waals surface area contributed by atoms with E-state index in [0.717, 1.165) is 17.7 Å². The number of hydrogen-bond donors (Lipinski definition) is 1. The van der Waals surface area contributed by atoms with Gasteiger partial charge in [-0.25, -0.2) is 0 Å². The number of carbonyl (C=O) groups excluding carboxylic acids is 1. The Morgan fingerprint density at radius 1 is 1.16 bits per heavy atom. The van der Waals surface area contributed by atoms with Crippen LogP contribution in [-0.4, -0.2) is 45.0 Å². The molecular weight excluding hydrogens is 461 g/mol. The monoisotopic (exact) mass is 483 g/mol. The molecule has 0 unspecified atom stereocenters. The highest BCUT2D eigenvalue weighted by atomic mass is 35.6. The van der Waals surface area contributed by atoms with E-state index < -0.39 is 9.96 Å². The average molecular weight is 485 g/mol. The van der Waals surface area contributed by atoms with Gasteiger partial charge in [0, 0.05) is 37.3 Å². The van der Waals surface area contributed by atoms with E-state index in [4.69, 9.17) is 39.5 Å². The van der Waals surface area contributed by atoms with E-state index in [1.807, 2.05) is 40.7 Å². The molecule has 4 rings (SSSR count). The second kappa shape index (κ2) is 9.02. The number of pyridine rings is 1. The number of fused-ring (bicyclic) bond motifs is 4. The van der Waals surface area contributed by atoms with Crippen LogP contribution in [0.4, 0.5) is 0 Å². The number of hydrogen-bond acceptors (Lipinski definition) is 4. The summed E-state index contributed by atoms with van der Waals surface area (Å²) in [4.78, 5) is 26.9. The maximum atomic E-state index is 12.6. The Balaban J connectivity index is 1.47. The van der Waals surface area contributed by atoms with Crippen LogP contribution in [0.15, 0.2) is 47.3 Å². The summed E-state index contributed by atoms with van der Waals surface area (Å²) in [6.45, 7) is 3.55. The molecule has 31 heavy (non-hydrogen) atoms. The molecule has 1 N–H and O–H groups in total. The highest BCUT2D eigenvalue weighted by Crippen LogP contribution is 2.39. The second-order valence-corrected chi connectivity index (χ2v) is 10.6. The molecule has 1 fully saturated rings. The lowest BCUT2D eigenvalue weighted by atomic mass is 9.83. The van der Waals surface area contributed by atoms with E-state index in [-0.39, 0.29) is 29.9 Å². The van der Waals surface area contributed by atoms with Crippen molar-refractivity contribution in [1.29, 1.82) is 0 Å². The van der Waals surface area contributed by atoms with Crippen LogP contribution >= 0.6 is 34.8 Å². The van der Waals surface area contributed by atoms with Gasteiger partial charge >= 0.3 is 0 Å². The molecule has 0 radical (unpaired) electrons. The van der Waals surface area contributed by atoms with E-state index in [1.165, 1.54) is 0 Å². The fourth-order valence-corrected chi connectivity index (χ4v) is 5.16. The standard InChI is InChI=1S/C22H24Cl3N3O3/c1-14-5-2-3-7-18(14)31-13-19(29)26-21(22(23,24)25)27-10-15-9-16(12-27)17-6-4-8-20(30)28(17)11-15/h2-8,15-16,21H,9-13H2,1H3,(H,26,29)/t15-,16+,21-/m0/s1. The number of benzene rings is 1. The first-order chi connectivity index (χ1) is 14.7. The van der Waals surface area contributed by atoms with Crippen LogP contribution in [0.2, 0.25) is 0 Å². The van der Waals surface area contributed by atoms with Gasteiger partial charge in [0.05, 0.1) is 0 Å². The van der Waals surface area contributed by atoms with Crippen molar-refractivity contribution in [2.45, 2.75) is 35.8 Å². The van der Waals surface area contributed by atoms with Crippen LogP contribution in [0.1, 0.15) is 23.6 Å². The van der Waals surface area contributed by atoms with Crippen molar-refractivity contribution in [2.24, 2.45) is 5.92 Å². The normalized spacial score (nSPS) is 21.8. The third-order valence-electron chi connectivity index (χ3n) is 5.93. The number of carbonyl (C=O) groups is 1. The molecule has 2 aliphatic rings. The highest BCUT2D eigenvalue weighted by Gasteiger charge is 2.44. The molecule has 6 nitrogen and oxygen atoms in total. The van der Waals surface area contributed by atoms with Crippen LogP contribution in [0.25, 0.3) is 0 Å². The molecule has 166 valence electrons. The highest BCUT2D eigenvalue weighted by molar-refractivity contribution is 6.68. The summed E-state index contributed by atoms with van der Waals surface area (Å²) in [5, 5.41) is 2.84. The number of likely N-dealkylation sites (tertiary alicyclic amines) is 1. The van der Waals surface area contributed by atoms with Gasteiger partial charge in [-0.15, -0.1) is 0 Å². The number of nitrogens with zero attached hydrogens (tertiary/aromatic N) is 2. The molecule has 3 heterocycles. The van der Waals surface area contributed by atoms with Gasteiger partial charge in [0.1, 0.15) is 11.9 Å². The van der Waals surface area contributed by atoms with Crippen molar-refractivity contribution in [3.05, 3.63) is 64.1 Å². The Morgan fingerprint density at radius 3 is 2.68 bits per heavy atom. The number of alkyl halides is 3. The summed E-state index contributed by atoms with van der Waals surface area (Å²) >= 11 is 18.8. The van der Waals surface area contributed by atoms with Gasteiger partial charge in [-0.1, -0.05) is 59.1 Å². The molecular formula is C22H24Cl3N3O3. The van der Waals surface area contributed by atoms with E-state index in [0.29, 0.717) is 25.4 Å². The van der Waals surface area contributed by atoms with Crippen LogP contribution in [-0.2, 0) is 11.3 Å². The van der Waals surface area contributed by atoms with Crippen LogP contribution in [0.5, 0.6) is 5.75 Å². The predicted molar refractivity (Wildman–Crippen MR) is 122 cm³/mol. The second-order valence-electron chi connectivity index (χ2n) is 8.22. The van der Waals surface area contributed by atoms with Gasteiger partial charge in [-0.3, -0.25) is 14.5 Å². The van der Waals surface area contributed by atoms with Crippen molar-refractivity contribution in [1.82, 2.24) is 14.8 Å². The third kappa shape index (κ3) is 5.03. The van der Waals surface area contributed by atoms with Crippen LogP contribution in [0, 0.1) is 12.8 Å². The van der Waals surface area contributed by atoms with Crippen molar-refractivity contribution in [2.75, 3.05) is 19.7 Å². The summed E-state index contributed by atoms with van der Waals surface area (Å²) in [7, 11) is 0. The molecule has 0 saturated carbocycles. The lowest BCUT2D eigenvalue weighted by Gasteiger charge is -2.47. The summed E-state index contributed by atoms with van der Waals surface area (Å²) in [5.41, 5.74) is 1.94. The van der Waals surface area contributed by atoms with E-state index in [1.54, 1.807) is 18.2 Å². The fourth-order valence-electron chi connectivity index (χ4n) is 4.58. The van der Waals surface area contributed by atoms with Crippen molar-refractivity contribution >= 4 is 40.7 Å². The Kier molecular flexibility index (Phi) is 6.54. The molecule has 0 aliphatic carbocycles. The molecule has 1 aromatic carbocycles. The molecule has 1 aromatic heterocycles. The summed E-state index contributed by atoms with van der Waals surface area (Å²) in [6.07, 6.45) is 0.161. The minimum Gasteiger partial charge on any atom is -0.484 e. The molecule has 1 saturated heterocycles. The van der Waals surface area contributed by atoms with Crippen molar-refractivity contribution in [3.8, 4) is 5.75 Å². The number of piperidine rings is 1. The van der Waals surface area contributed by atoms with E-state index >= 15 is 0 Å². The van der Waals surface area contributed by atoms with Gasteiger partial charge in [0.15, 0.2) is 6.61 Å². The lowest BCUT2D eigenvalue weighted by Crippen LogP contribution is -2.60. The van der Waals surface area contributed by atoms with Crippen LogP contribution in [0.3, 0.4) is 0 Å². The number of aromatic nitrogens is 1. The van der Waals surface area contributed by atoms with Crippen molar-refractivity contribution in [3.63, 3.8) is 0 Å². The first-order valence-electron chi connectivity index (χ1n) is 10.2. The molecule has 9 heteroatoms. The number of ether oxygens (including phenoxy) is 1. The van der Waals surface area contributed by atoms with Gasteiger partial charge in [-0.2, -0.15) is 0 Å². The first kappa shape index (κ1) is 22.5. The van der Waals surface area contributed by atoms with Gasteiger partial charge in [0.2, 0.25) is 3.79 Å². The largest absolute Gasteiger partial charge is 0.484 e. The first-order valence-corrected chi connectivity index (χ1v) is 11.3. The van der Waals surface area contributed by atoms with Gasteiger partial charge in [0.25, 0.3) is 11.5 Å². The smallest absolute Gasteiger partial charge is 0.259 e. The molecule has 2 aliphatic heterocycles. The quantitative estimate of drug-likeness (QED) is 0.660. The minimum atomic E-state index is -1.72. The average Bonchev–Trinajstić information content (AvgIpc) is 2.71. The molecule has 2 aromatic rings. The topological polar surface area (TPSA) is 63.6 Å². The van der Waals surface area contributed by atoms with E-state index in [9.17, 15) is 9.59 Å². The van der Waals surface area contributed by atoms with Crippen LogP contribution < -0.4 is 15.6 Å². The summed E-state index contributed by atoms with van der Waals surface area (Å²) in [6, 6.07) is 12.8. The minimum absolute atomic E-state index is 0.0141. The maximum absolute atomic E-state index is 12.6. The zero-order chi connectivity index (χ0) is 22.2. The predicted octanol–water partition coefficient (Wildman–Crippen LogP) is 3.47. The Morgan fingerprint density at radius 2 is 1.94 bits per heavy atom. The molecule has 1 amide bonds. The molecule has 2 bridgehead atoms. The Bertz CT molecular complexity index is 1020. The maximum Gasteiger partial charge on any atom is 0.259 e. The van der Waals surface area contributed by atoms with Crippen molar-refractivity contribution < 1.29 is 9.53 Å². The number of halogens is 3. The molecule has 0 spiro atoms. The van der Waals surface area contributed by atoms with Gasteiger partial charge in [-0.05, 0) is 37.0 Å². The number of rotatable bonds is 5. The molecule has 3 atom stereocenters. The SMILES string of the molecule is Cc1ccccc1OCC(=O)N[C@@H](N1C[C@@H]2C[C@H](C1)c1cccc(=O)n1C2)C(Cl)(Cl)Cl. The lowest BCUT2D eigenvalue weighted by molar-refractivity contribution is -0.125. The number of aryl methyl sites for hydroxylation is 1. The Labute approximate surface area is 196 Å².